The van der Waals surface area contributed by atoms with Crippen LogP contribution in [0, 0.1) is 25.2 Å². The summed E-state index contributed by atoms with van der Waals surface area (Å²) in [6.45, 7) is 3.29. The predicted molar refractivity (Wildman–Crippen MR) is 76.8 cm³/mol. The zero-order valence-corrected chi connectivity index (χ0v) is 12.6. The number of aryl methyl sites for hydroxylation is 2. The molecule has 1 aromatic heterocycles. The lowest BCUT2D eigenvalue weighted by atomic mass is 9.96. The molecule has 0 aliphatic heterocycles. The lowest BCUT2D eigenvalue weighted by Crippen LogP contribution is -2.09. The molecule has 1 aromatic carbocycles. The van der Waals surface area contributed by atoms with Crippen LogP contribution in [0.25, 0.3) is 11.1 Å². The molecule has 7 heteroatoms. The summed E-state index contributed by atoms with van der Waals surface area (Å²) in [5.74, 6) is -0.639. The summed E-state index contributed by atoms with van der Waals surface area (Å²) < 4.78 is 44.0. The van der Waals surface area contributed by atoms with Crippen LogP contribution in [-0.4, -0.2) is 18.1 Å². The molecule has 2 aromatic rings. The molecule has 0 saturated carbocycles. The van der Waals surface area contributed by atoms with Crippen LogP contribution in [0.4, 0.5) is 13.2 Å². The zero-order valence-electron chi connectivity index (χ0n) is 12.6. The number of carbonyl (C=O) groups excluding carboxylic acids is 1. The van der Waals surface area contributed by atoms with Gasteiger partial charge in [0.25, 0.3) is 0 Å². The number of alkyl halides is 3. The van der Waals surface area contributed by atoms with E-state index in [1.807, 2.05) is 0 Å². The molecule has 1 heterocycles. The maximum absolute atomic E-state index is 13.1. The van der Waals surface area contributed by atoms with Crippen LogP contribution in [0.1, 0.15) is 32.9 Å². The number of nitrogens with one attached hydrogen (secondary N) is 1. The monoisotopic (exact) mass is 322 g/mol. The number of aromatic amines is 1. The van der Waals surface area contributed by atoms with Crippen molar-refractivity contribution in [2.24, 2.45) is 0 Å². The van der Waals surface area contributed by atoms with Gasteiger partial charge in [-0.3, -0.25) is 0 Å². The average Bonchev–Trinajstić information content (AvgIpc) is 2.79. The van der Waals surface area contributed by atoms with Crippen molar-refractivity contribution in [3.8, 4) is 17.2 Å². The van der Waals surface area contributed by atoms with Crippen molar-refractivity contribution < 1.29 is 22.7 Å². The topological polar surface area (TPSA) is 65.9 Å². The quantitative estimate of drug-likeness (QED) is 0.851. The molecule has 4 nitrogen and oxygen atoms in total. The molecule has 0 spiro atoms. The van der Waals surface area contributed by atoms with Crippen LogP contribution in [0.15, 0.2) is 18.2 Å². The van der Waals surface area contributed by atoms with E-state index < -0.39 is 23.3 Å². The highest BCUT2D eigenvalue weighted by molar-refractivity contribution is 5.99. The molecule has 0 unspecified atom stereocenters. The maximum Gasteiger partial charge on any atom is 0.417 e. The van der Waals surface area contributed by atoms with E-state index in [0.29, 0.717) is 17.0 Å². The molecule has 0 atom stereocenters. The molecule has 0 fully saturated rings. The minimum absolute atomic E-state index is 0.183. The summed E-state index contributed by atoms with van der Waals surface area (Å²) in [6, 6.07) is 4.89. The number of methoxy groups -OCH3 is 1. The van der Waals surface area contributed by atoms with Gasteiger partial charge in [-0.25, -0.2) is 4.79 Å². The van der Waals surface area contributed by atoms with Gasteiger partial charge < -0.3 is 9.72 Å². The van der Waals surface area contributed by atoms with E-state index in [0.717, 1.165) is 12.1 Å². The SMILES string of the molecule is COC(=O)c1c(C)[nH]c(C)c1-c1ccc(C#N)c(C(F)(F)F)c1. The Hall–Kier alpha value is -2.75. The first kappa shape index (κ1) is 16.6. The summed E-state index contributed by atoms with van der Waals surface area (Å²) in [6.07, 6.45) is -4.66. The molecule has 120 valence electrons. The van der Waals surface area contributed by atoms with E-state index in [9.17, 15) is 18.0 Å². The minimum Gasteiger partial charge on any atom is -0.465 e. The summed E-state index contributed by atoms with van der Waals surface area (Å²) in [5, 5.41) is 8.85. The molecular weight excluding hydrogens is 309 g/mol. The predicted octanol–water partition coefficient (Wildman–Crippen LogP) is 3.98. The van der Waals surface area contributed by atoms with Gasteiger partial charge in [0, 0.05) is 17.0 Å². The van der Waals surface area contributed by atoms with Crippen molar-refractivity contribution in [3.05, 3.63) is 46.3 Å². The second-order valence-corrected chi connectivity index (χ2v) is 4.99. The third-order valence-corrected chi connectivity index (χ3v) is 3.50. The first-order valence-electron chi connectivity index (χ1n) is 6.60. The third kappa shape index (κ3) is 2.93. The molecule has 1 N–H and O–H groups in total. The number of esters is 1. The van der Waals surface area contributed by atoms with E-state index >= 15 is 0 Å². The van der Waals surface area contributed by atoms with E-state index in [1.54, 1.807) is 13.8 Å². The number of rotatable bonds is 2. The summed E-state index contributed by atoms with van der Waals surface area (Å²) >= 11 is 0. The molecule has 0 saturated heterocycles. The number of carbonyl (C=O) groups is 1. The van der Waals surface area contributed by atoms with E-state index in [4.69, 9.17) is 10.00 Å². The fourth-order valence-electron chi connectivity index (χ4n) is 2.53. The Morgan fingerprint density at radius 2 is 1.91 bits per heavy atom. The van der Waals surface area contributed by atoms with Gasteiger partial charge in [-0.15, -0.1) is 0 Å². The van der Waals surface area contributed by atoms with Crippen LogP contribution in [0.2, 0.25) is 0 Å². The third-order valence-electron chi connectivity index (χ3n) is 3.50. The van der Waals surface area contributed by atoms with Gasteiger partial charge in [0.15, 0.2) is 0 Å². The summed E-state index contributed by atoms with van der Waals surface area (Å²) in [5.41, 5.74) is 0.256. The largest absolute Gasteiger partial charge is 0.465 e. The van der Waals surface area contributed by atoms with Crippen molar-refractivity contribution in [1.29, 1.82) is 5.26 Å². The second-order valence-electron chi connectivity index (χ2n) is 4.99. The highest BCUT2D eigenvalue weighted by Gasteiger charge is 2.34. The van der Waals surface area contributed by atoms with E-state index in [2.05, 4.69) is 4.98 Å². The zero-order chi connectivity index (χ0) is 17.4. The summed E-state index contributed by atoms with van der Waals surface area (Å²) in [7, 11) is 1.20. The Bertz CT molecular complexity index is 814. The molecule has 0 radical (unpaired) electrons. The smallest absolute Gasteiger partial charge is 0.417 e. The molecule has 0 amide bonds. The molecular formula is C16H13F3N2O2. The highest BCUT2D eigenvalue weighted by Crippen LogP contribution is 2.37. The van der Waals surface area contributed by atoms with Gasteiger partial charge in [-0.05, 0) is 31.5 Å². The second kappa shape index (κ2) is 5.80. The number of benzene rings is 1. The van der Waals surface area contributed by atoms with Gasteiger partial charge in [-0.1, -0.05) is 6.07 Å². The van der Waals surface area contributed by atoms with Crippen LogP contribution < -0.4 is 0 Å². The maximum atomic E-state index is 13.1. The number of aromatic nitrogens is 1. The normalized spacial score (nSPS) is 11.2. The van der Waals surface area contributed by atoms with Crippen LogP contribution in [0.5, 0.6) is 0 Å². The van der Waals surface area contributed by atoms with E-state index in [1.165, 1.54) is 19.2 Å². The first-order valence-corrected chi connectivity index (χ1v) is 6.60. The van der Waals surface area contributed by atoms with Gasteiger partial charge in [0.05, 0.1) is 29.9 Å². The average molecular weight is 322 g/mol. The lowest BCUT2D eigenvalue weighted by Gasteiger charge is -2.12. The molecule has 0 bridgehead atoms. The van der Waals surface area contributed by atoms with Crippen molar-refractivity contribution in [1.82, 2.24) is 4.98 Å². The highest BCUT2D eigenvalue weighted by atomic mass is 19.4. The Morgan fingerprint density at radius 3 is 2.43 bits per heavy atom. The van der Waals surface area contributed by atoms with Crippen LogP contribution in [0.3, 0.4) is 0 Å². The van der Waals surface area contributed by atoms with Crippen molar-refractivity contribution >= 4 is 5.97 Å². The van der Waals surface area contributed by atoms with E-state index in [-0.39, 0.29) is 11.1 Å². The standard InChI is InChI=1S/C16H13F3N2O2/c1-8-13(14(9(2)21-8)15(22)23-3)10-4-5-11(7-20)12(6-10)16(17,18)19/h4-6,21H,1-3H3. The first-order chi connectivity index (χ1) is 10.7. The Morgan fingerprint density at radius 1 is 1.26 bits per heavy atom. The van der Waals surface area contributed by atoms with Crippen molar-refractivity contribution in [2.45, 2.75) is 20.0 Å². The Kier molecular flexibility index (Phi) is 4.19. The molecule has 0 aliphatic rings. The number of hydrogen-bond donors (Lipinski definition) is 1. The van der Waals surface area contributed by atoms with Crippen LogP contribution in [-0.2, 0) is 10.9 Å². The number of hydrogen-bond acceptors (Lipinski definition) is 3. The number of H-pyrrole nitrogens is 1. The molecule has 0 aliphatic carbocycles. The number of ether oxygens (including phenoxy) is 1. The van der Waals surface area contributed by atoms with Crippen LogP contribution >= 0.6 is 0 Å². The molecule has 23 heavy (non-hydrogen) atoms. The Balaban J connectivity index is 2.74. The van der Waals surface area contributed by atoms with Gasteiger partial charge in [0.1, 0.15) is 0 Å². The fourth-order valence-corrected chi connectivity index (χ4v) is 2.53. The van der Waals surface area contributed by atoms with Gasteiger partial charge in [-0.2, -0.15) is 18.4 Å². The van der Waals surface area contributed by atoms with Crippen molar-refractivity contribution in [3.63, 3.8) is 0 Å². The van der Waals surface area contributed by atoms with Crippen molar-refractivity contribution in [2.75, 3.05) is 7.11 Å². The molecule has 2 rings (SSSR count). The van der Waals surface area contributed by atoms with Gasteiger partial charge in [0.2, 0.25) is 0 Å². The van der Waals surface area contributed by atoms with Gasteiger partial charge >= 0.3 is 12.1 Å². The number of halogens is 3. The fraction of sp³-hybridized carbons (Fsp3) is 0.250. The Labute approximate surface area is 130 Å². The lowest BCUT2D eigenvalue weighted by molar-refractivity contribution is -0.137. The summed E-state index contributed by atoms with van der Waals surface area (Å²) in [4.78, 5) is 14.9. The number of nitrogens with zero attached hydrogens (tertiary/aromatic N) is 1. The number of nitriles is 1. The minimum atomic E-state index is -4.66.